The van der Waals surface area contributed by atoms with Crippen LogP contribution in [0.3, 0.4) is 0 Å². The third kappa shape index (κ3) is 4.84. The van der Waals surface area contributed by atoms with Crippen molar-refractivity contribution >= 4 is 15.9 Å². The van der Waals surface area contributed by atoms with E-state index in [4.69, 9.17) is 4.42 Å². The van der Waals surface area contributed by atoms with Crippen LogP contribution in [0.2, 0.25) is 0 Å². The summed E-state index contributed by atoms with van der Waals surface area (Å²) in [6, 6.07) is 12.9. The normalized spacial score (nSPS) is 12.5. The molecule has 1 unspecified atom stereocenters. The SMILES string of the molecule is CCCNC(Cc1cccc(Br)c1)Cc1ccco1. The van der Waals surface area contributed by atoms with Crippen LogP contribution >= 0.6 is 15.9 Å². The Kier molecular flexibility index (Phi) is 5.67. The van der Waals surface area contributed by atoms with E-state index in [-0.39, 0.29) is 0 Å². The zero-order chi connectivity index (χ0) is 13.5. The highest BCUT2D eigenvalue weighted by Crippen LogP contribution is 2.15. The van der Waals surface area contributed by atoms with Gasteiger partial charge in [-0.3, -0.25) is 0 Å². The highest BCUT2D eigenvalue weighted by molar-refractivity contribution is 9.10. The molecule has 19 heavy (non-hydrogen) atoms. The predicted molar refractivity (Wildman–Crippen MR) is 82.3 cm³/mol. The first-order valence-electron chi connectivity index (χ1n) is 6.78. The molecule has 0 aliphatic rings. The van der Waals surface area contributed by atoms with Crippen molar-refractivity contribution < 1.29 is 4.42 Å². The molecule has 0 saturated heterocycles. The number of benzene rings is 1. The van der Waals surface area contributed by atoms with Crippen LogP contribution in [0.25, 0.3) is 0 Å². The zero-order valence-corrected chi connectivity index (χ0v) is 12.8. The maximum Gasteiger partial charge on any atom is 0.105 e. The summed E-state index contributed by atoms with van der Waals surface area (Å²) in [5.74, 6) is 1.04. The molecule has 1 atom stereocenters. The predicted octanol–water partition coefficient (Wildman–Crippen LogP) is 4.20. The molecule has 0 radical (unpaired) electrons. The van der Waals surface area contributed by atoms with Crippen LogP contribution in [0.1, 0.15) is 24.7 Å². The fourth-order valence-corrected chi connectivity index (χ4v) is 2.63. The zero-order valence-electron chi connectivity index (χ0n) is 11.2. The van der Waals surface area contributed by atoms with E-state index in [0.717, 1.165) is 36.0 Å². The molecule has 1 aromatic carbocycles. The van der Waals surface area contributed by atoms with Gasteiger partial charge in [0.05, 0.1) is 6.26 Å². The van der Waals surface area contributed by atoms with E-state index >= 15 is 0 Å². The largest absolute Gasteiger partial charge is 0.469 e. The van der Waals surface area contributed by atoms with E-state index in [0.29, 0.717) is 6.04 Å². The average Bonchev–Trinajstić information content (AvgIpc) is 2.89. The van der Waals surface area contributed by atoms with Gasteiger partial charge in [0.25, 0.3) is 0 Å². The van der Waals surface area contributed by atoms with Crippen molar-refractivity contribution in [2.75, 3.05) is 6.54 Å². The molecule has 0 aliphatic carbocycles. The molecule has 0 amide bonds. The molecular formula is C16H20BrNO. The molecule has 0 saturated carbocycles. The summed E-state index contributed by atoms with van der Waals surface area (Å²) in [6.45, 7) is 3.23. The van der Waals surface area contributed by atoms with Gasteiger partial charge in [0, 0.05) is 16.9 Å². The smallest absolute Gasteiger partial charge is 0.105 e. The molecule has 2 nitrogen and oxygen atoms in total. The molecule has 102 valence electrons. The van der Waals surface area contributed by atoms with Gasteiger partial charge in [-0.25, -0.2) is 0 Å². The van der Waals surface area contributed by atoms with Gasteiger partial charge in [-0.05, 0) is 49.2 Å². The van der Waals surface area contributed by atoms with Gasteiger partial charge in [0.2, 0.25) is 0 Å². The lowest BCUT2D eigenvalue weighted by atomic mass is 10.0. The topological polar surface area (TPSA) is 25.2 Å². The highest BCUT2D eigenvalue weighted by atomic mass is 79.9. The molecule has 2 aromatic rings. The molecule has 1 N–H and O–H groups in total. The van der Waals surface area contributed by atoms with Gasteiger partial charge in [0.1, 0.15) is 5.76 Å². The third-order valence-electron chi connectivity index (χ3n) is 3.08. The lowest BCUT2D eigenvalue weighted by molar-refractivity contribution is 0.438. The average molecular weight is 322 g/mol. The second-order valence-electron chi connectivity index (χ2n) is 4.77. The van der Waals surface area contributed by atoms with Crippen molar-refractivity contribution in [1.82, 2.24) is 5.32 Å². The molecule has 0 bridgehead atoms. The number of halogens is 1. The molecule has 1 heterocycles. The minimum atomic E-state index is 0.417. The number of hydrogen-bond donors (Lipinski definition) is 1. The summed E-state index contributed by atoms with van der Waals surface area (Å²) in [4.78, 5) is 0. The van der Waals surface area contributed by atoms with E-state index < -0.39 is 0 Å². The molecule has 0 fully saturated rings. The summed E-state index contributed by atoms with van der Waals surface area (Å²) >= 11 is 3.53. The highest BCUT2D eigenvalue weighted by Gasteiger charge is 2.11. The van der Waals surface area contributed by atoms with E-state index in [9.17, 15) is 0 Å². The Morgan fingerprint density at radius 2 is 2.11 bits per heavy atom. The Balaban J connectivity index is 2.00. The summed E-state index contributed by atoms with van der Waals surface area (Å²) < 4.78 is 6.59. The Morgan fingerprint density at radius 3 is 2.79 bits per heavy atom. The molecule has 3 heteroatoms. The molecule has 0 aliphatic heterocycles. The first kappa shape index (κ1) is 14.4. The van der Waals surface area contributed by atoms with Gasteiger partial charge in [-0.15, -0.1) is 0 Å². The summed E-state index contributed by atoms with van der Waals surface area (Å²) in [6.07, 6.45) is 4.83. The number of hydrogen-bond acceptors (Lipinski definition) is 2. The maximum absolute atomic E-state index is 5.46. The first-order valence-corrected chi connectivity index (χ1v) is 7.57. The van der Waals surface area contributed by atoms with Crippen LogP contribution in [-0.2, 0) is 12.8 Å². The second-order valence-corrected chi connectivity index (χ2v) is 5.68. The van der Waals surface area contributed by atoms with E-state index in [2.05, 4.69) is 52.4 Å². The third-order valence-corrected chi connectivity index (χ3v) is 3.58. The Morgan fingerprint density at radius 1 is 1.21 bits per heavy atom. The van der Waals surface area contributed by atoms with Crippen LogP contribution in [-0.4, -0.2) is 12.6 Å². The van der Waals surface area contributed by atoms with Crippen LogP contribution in [0.5, 0.6) is 0 Å². The molecule has 0 spiro atoms. The van der Waals surface area contributed by atoms with E-state index in [1.54, 1.807) is 6.26 Å². The van der Waals surface area contributed by atoms with Crippen LogP contribution < -0.4 is 5.32 Å². The first-order chi connectivity index (χ1) is 9.28. The van der Waals surface area contributed by atoms with Crippen LogP contribution in [0.15, 0.2) is 51.6 Å². The minimum Gasteiger partial charge on any atom is -0.469 e. The Labute approximate surface area is 123 Å². The number of furan rings is 1. The Hall–Kier alpha value is -1.06. The van der Waals surface area contributed by atoms with E-state index in [1.165, 1.54) is 5.56 Å². The number of rotatable bonds is 7. The lowest BCUT2D eigenvalue weighted by Gasteiger charge is -2.17. The van der Waals surface area contributed by atoms with Crippen molar-refractivity contribution in [1.29, 1.82) is 0 Å². The monoisotopic (exact) mass is 321 g/mol. The lowest BCUT2D eigenvalue weighted by Crippen LogP contribution is -2.33. The van der Waals surface area contributed by atoms with Gasteiger partial charge in [-0.2, -0.15) is 0 Å². The van der Waals surface area contributed by atoms with Gasteiger partial charge >= 0.3 is 0 Å². The fourth-order valence-electron chi connectivity index (χ4n) is 2.19. The summed E-state index contributed by atoms with van der Waals surface area (Å²) in [5.41, 5.74) is 1.34. The van der Waals surface area contributed by atoms with Crippen molar-refractivity contribution in [3.63, 3.8) is 0 Å². The van der Waals surface area contributed by atoms with Crippen molar-refractivity contribution in [3.05, 3.63) is 58.5 Å². The molecule has 2 rings (SSSR count). The molecule has 1 aromatic heterocycles. The van der Waals surface area contributed by atoms with Crippen molar-refractivity contribution in [3.8, 4) is 0 Å². The molecular weight excluding hydrogens is 302 g/mol. The van der Waals surface area contributed by atoms with Crippen molar-refractivity contribution in [2.45, 2.75) is 32.2 Å². The van der Waals surface area contributed by atoms with E-state index in [1.807, 2.05) is 12.1 Å². The number of nitrogens with one attached hydrogen (secondary N) is 1. The van der Waals surface area contributed by atoms with Gasteiger partial charge in [0.15, 0.2) is 0 Å². The van der Waals surface area contributed by atoms with Crippen molar-refractivity contribution in [2.24, 2.45) is 0 Å². The minimum absolute atomic E-state index is 0.417. The Bertz CT molecular complexity index is 481. The summed E-state index contributed by atoms with van der Waals surface area (Å²) in [5, 5.41) is 3.60. The fraction of sp³-hybridized carbons (Fsp3) is 0.375. The van der Waals surface area contributed by atoms with Gasteiger partial charge < -0.3 is 9.73 Å². The quantitative estimate of drug-likeness (QED) is 0.827. The standard InChI is InChI=1S/C16H20BrNO/c1-2-8-18-15(12-16-7-4-9-19-16)11-13-5-3-6-14(17)10-13/h3-7,9-10,15,18H,2,8,11-12H2,1H3. The maximum atomic E-state index is 5.46. The summed E-state index contributed by atoms with van der Waals surface area (Å²) in [7, 11) is 0. The van der Waals surface area contributed by atoms with Crippen LogP contribution in [0, 0.1) is 0 Å². The van der Waals surface area contributed by atoms with Crippen LogP contribution in [0.4, 0.5) is 0 Å². The van der Waals surface area contributed by atoms with Gasteiger partial charge in [-0.1, -0.05) is 35.0 Å². The second kappa shape index (κ2) is 7.51.